The van der Waals surface area contributed by atoms with Gasteiger partial charge in [0.05, 0.1) is 7.11 Å². The molecule has 0 spiro atoms. The van der Waals surface area contributed by atoms with Gasteiger partial charge in [0.1, 0.15) is 12.0 Å². The number of hydrogen-bond donors (Lipinski definition) is 1. The molecule has 0 aromatic carbocycles. The van der Waals surface area contributed by atoms with Crippen LogP contribution in [0.1, 0.15) is 25.0 Å². The number of rotatable bonds is 4. The quantitative estimate of drug-likeness (QED) is 0.832. The number of carbonyl (C=O) groups is 1. The van der Waals surface area contributed by atoms with E-state index in [0.29, 0.717) is 37.4 Å². The maximum atomic E-state index is 11.6. The van der Waals surface area contributed by atoms with Gasteiger partial charge in [0.2, 0.25) is 5.91 Å². The lowest BCUT2D eigenvalue weighted by Crippen LogP contribution is -2.44. The van der Waals surface area contributed by atoms with E-state index >= 15 is 0 Å². The fraction of sp³-hybridized carbons (Fsp3) is 0.636. The summed E-state index contributed by atoms with van der Waals surface area (Å²) in [5, 5.41) is 13.4. The second-order valence-corrected chi connectivity index (χ2v) is 4.05. The minimum absolute atomic E-state index is 0.00442. The molecule has 6 heteroatoms. The summed E-state index contributed by atoms with van der Waals surface area (Å²) < 4.78 is 9.92. The molecule has 0 aliphatic carbocycles. The average molecular weight is 240 g/mol. The van der Waals surface area contributed by atoms with Crippen molar-refractivity contribution in [2.45, 2.75) is 31.9 Å². The van der Waals surface area contributed by atoms with Crippen molar-refractivity contribution in [2.75, 3.05) is 13.7 Å². The Morgan fingerprint density at radius 3 is 3.18 bits per heavy atom. The smallest absolute Gasteiger partial charge is 0.254 e. The van der Waals surface area contributed by atoms with Crippen molar-refractivity contribution in [3.63, 3.8) is 0 Å². The van der Waals surface area contributed by atoms with Crippen LogP contribution in [-0.2, 0) is 11.2 Å². The van der Waals surface area contributed by atoms with E-state index in [1.807, 2.05) is 0 Å². The monoisotopic (exact) mass is 240 g/mol. The Balaban J connectivity index is 1.90. The summed E-state index contributed by atoms with van der Waals surface area (Å²) in [6.07, 6.45) is 1.77. The Kier molecular flexibility index (Phi) is 3.63. The van der Waals surface area contributed by atoms with Gasteiger partial charge in [0, 0.05) is 25.5 Å². The highest BCUT2D eigenvalue weighted by Gasteiger charge is 2.25. The van der Waals surface area contributed by atoms with E-state index in [0.717, 1.165) is 6.42 Å². The van der Waals surface area contributed by atoms with E-state index in [-0.39, 0.29) is 5.91 Å². The molecular formula is C11H16N2O4. The molecule has 1 fully saturated rings. The SMILES string of the molecule is COc1cc(CCN2C(=O)CCCC2O)on1. The highest BCUT2D eigenvalue weighted by molar-refractivity contribution is 5.77. The van der Waals surface area contributed by atoms with Crippen LogP contribution in [0.5, 0.6) is 5.88 Å². The lowest BCUT2D eigenvalue weighted by molar-refractivity contribution is -0.146. The van der Waals surface area contributed by atoms with Gasteiger partial charge in [-0.05, 0) is 18.0 Å². The Bertz CT molecular complexity index is 391. The number of hydrogen-bond acceptors (Lipinski definition) is 5. The van der Waals surface area contributed by atoms with Gasteiger partial charge < -0.3 is 19.3 Å². The predicted octanol–water partition coefficient (Wildman–Crippen LogP) is 0.557. The molecule has 1 aromatic rings. The first kappa shape index (κ1) is 11.9. The summed E-state index contributed by atoms with van der Waals surface area (Å²) in [5.41, 5.74) is 0. The van der Waals surface area contributed by atoms with E-state index in [2.05, 4.69) is 5.16 Å². The summed E-state index contributed by atoms with van der Waals surface area (Å²) >= 11 is 0. The van der Waals surface area contributed by atoms with Crippen LogP contribution in [0.3, 0.4) is 0 Å². The molecule has 1 N–H and O–H groups in total. The van der Waals surface area contributed by atoms with Crippen LogP contribution in [-0.4, -0.2) is 41.0 Å². The van der Waals surface area contributed by atoms with Crippen LogP contribution in [0.25, 0.3) is 0 Å². The second kappa shape index (κ2) is 5.18. The van der Waals surface area contributed by atoms with Gasteiger partial charge in [0.15, 0.2) is 0 Å². The zero-order chi connectivity index (χ0) is 12.3. The molecule has 1 atom stereocenters. The number of carbonyl (C=O) groups excluding carboxylic acids is 1. The van der Waals surface area contributed by atoms with E-state index in [9.17, 15) is 9.90 Å². The molecule has 17 heavy (non-hydrogen) atoms. The lowest BCUT2D eigenvalue weighted by atomic mass is 10.1. The Labute approximate surface area is 99.1 Å². The number of ether oxygens (including phenoxy) is 1. The van der Waals surface area contributed by atoms with Gasteiger partial charge >= 0.3 is 0 Å². The van der Waals surface area contributed by atoms with Crippen molar-refractivity contribution in [2.24, 2.45) is 0 Å². The van der Waals surface area contributed by atoms with Gasteiger partial charge in [-0.2, -0.15) is 0 Å². The summed E-state index contributed by atoms with van der Waals surface area (Å²) in [7, 11) is 1.51. The van der Waals surface area contributed by atoms with Gasteiger partial charge in [-0.25, -0.2) is 0 Å². The third-order valence-electron chi connectivity index (χ3n) is 2.88. The molecule has 2 rings (SSSR count). The molecule has 2 heterocycles. The first-order valence-corrected chi connectivity index (χ1v) is 5.68. The van der Waals surface area contributed by atoms with Crippen molar-refractivity contribution >= 4 is 5.91 Å². The van der Waals surface area contributed by atoms with Gasteiger partial charge in [-0.15, -0.1) is 0 Å². The zero-order valence-electron chi connectivity index (χ0n) is 9.76. The molecule has 0 bridgehead atoms. The number of likely N-dealkylation sites (tertiary alicyclic amines) is 1. The molecule has 1 saturated heterocycles. The standard InChI is InChI=1S/C11H16N2O4/c1-16-9-7-8(17-12-9)5-6-13-10(14)3-2-4-11(13)15/h7,10,14H,2-6H2,1H3. The summed E-state index contributed by atoms with van der Waals surface area (Å²) in [4.78, 5) is 13.1. The first-order chi connectivity index (χ1) is 8.20. The minimum Gasteiger partial charge on any atom is -0.479 e. The average Bonchev–Trinajstić information content (AvgIpc) is 2.76. The molecule has 1 aliphatic rings. The number of nitrogens with zero attached hydrogens (tertiary/aromatic N) is 2. The summed E-state index contributed by atoms with van der Waals surface area (Å²) in [6.45, 7) is 0.443. The molecule has 1 aromatic heterocycles. The number of methoxy groups -OCH3 is 1. The molecule has 0 saturated carbocycles. The minimum atomic E-state index is -0.666. The molecule has 1 amide bonds. The third-order valence-corrected chi connectivity index (χ3v) is 2.88. The number of aromatic nitrogens is 1. The fourth-order valence-corrected chi connectivity index (χ4v) is 1.91. The number of aliphatic hydroxyl groups excluding tert-OH is 1. The van der Waals surface area contributed by atoms with E-state index in [1.54, 1.807) is 6.07 Å². The normalized spacial score (nSPS) is 20.7. The largest absolute Gasteiger partial charge is 0.479 e. The van der Waals surface area contributed by atoms with E-state index in [4.69, 9.17) is 9.26 Å². The number of amides is 1. The molecular weight excluding hydrogens is 224 g/mol. The topological polar surface area (TPSA) is 75.8 Å². The second-order valence-electron chi connectivity index (χ2n) is 4.05. The molecule has 1 aliphatic heterocycles. The number of aliphatic hydroxyl groups is 1. The fourth-order valence-electron chi connectivity index (χ4n) is 1.91. The summed E-state index contributed by atoms with van der Waals surface area (Å²) in [6, 6.07) is 1.68. The zero-order valence-corrected chi connectivity index (χ0v) is 9.76. The van der Waals surface area contributed by atoms with Crippen molar-refractivity contribution in [1.82, 2.24) is 10.1 Å². The van der Waals surface area contributed by atoms with Crippen LogP contribution in [0.4, 0.5) is 0 Å². The van der Waals surface area contributed by atoms with Gasteiger partial charge in [0.25, 0.3) is 5.88 Å². The number of piperidine rings is 1. The van der Waals surface area contributed by atoms with Crippen LogP contribution < -0.4 is 4.74 Å². The van der Waals surface area contributed by atoms with Gasteiger partial charge in [-0.1, -0.05) is 0 Å². The first-order valence-electron chi connectivity index (χ1n) is 5.68. The van der Waals surface area contributed by atoms with Crippen molar-refractivity contribution in [3.05, 3.63) is 11.8 Å². The molecule has 94 valence electrons. The van der Waals surface area contributed by atoms with Crippen LogP contribution in [0, 0.1) is 0 Å². The molecule has 1 unspecified atom stereocenters. The molecule has 6 nitrogen and oxygen atoms in total. The van der Waals surface area contributed by atoms with Crippen LogP contribution >= 0.6 is 0 Å². The van der Waals surface area contributed by atoms with Crippen molar-refractivity contribution in [3.8, 4) is 5.88 Å². The Hall–Kier alpha value is -1.56. The van der Waals surface area contributed by atoms with E-state index in [1.165, 1.54) is 12.0 Å². The Morgan fingerprint density at radius 1 is 1.71 bits per heavy atom. The maximum Gasteiger partial charge on any atom is 0.254 e. The van der Waals surface area contributed by atoms with Crippen LogP contribution in [0.2, 0.25) is 0 Å². The van der Waals surface area contributed by atoms with Crippen molar-refractivity contribution in [1.29, 1.82) is 0 Å². The van der Waals surface area contributed by atoms with Crippen LogP contribution in [0.15, 0.2) is 10.6 Å². The Morgan fingerprint density at radius 2 is 2.53 bits per heavy atom. The third kappa shape index (κ3) is 2.76. The highest BCUT2D eigenvalue weighted by Crippen LogP contribution is 2.17. The van der Waals surface area contributed by atoms with E-state index < -0.39 is 6.23 Å². The van der Waals surface area contributed by atoms with Gasteiger partial charge in [-0.3, -0.25) is 4.79 Å². The predicted molar refractivity (Wildman–Crippen MR) is 58.3 cm³/mol. The lowest BCUT2D eigenvalue weighted by Gasteiger charge is -2.31. The van der Waals surface area contributed by atoms with Crippen molar-refractivity contribution < 1.29 is 19.2 Å². The molecule has 0 radical (unpaired) electrons. The summed E-state index contributed by atoms with van der Waals surface area (Å²) in [5.74, 6) is 1.06. The highest BCUT2D eigenvalue weighted by atomic mass is 16.5. The maximum absolute atomic E-state index is 11.6.